The zero-order chi connectivity index (χ0) is 21.3. The van der Waals surface area contributed by atoms with Crippen molar-refractivity contribution in [3.05, 3.63) is 76.2 Å². The number of alkyl halides is 3. The number of hydrogen-bond donors (Lipinski definition) is 0. The van der Waals surface area contributed by atoms with Gasteiger partial charge in [-0.15, -0.1) is 24.9 Å². The van der Waals surface area contributed by atoms with E-state index in [1.807, 2.05) is 24.3 Å². The van der Waals surface area contributed by atoms with Crippen LogP contribution in [0.2, 0.25) is 0 Å². The molecule has 0 bridgehead atoms. The number of hydrogen-bond acceptors (Lipinski definition) is 5. The van der Waals surface area contributed by atoms with Gasteiger partial charge >= 0.3 is 6.36 Å². The molecule has 1 amide bonds. The van der Waals surface area contributed by atoms with E-state index in [1.165, 1.54) is 42.3 Å². The Hall–Kier alpha value is -2.33. The first-order chi connectivity index (χ1) is 14.3. The summed E-state index contributed by atoms with van der Waals surface area (Å²) in [6, 6.07) is 13.0. The molecular formula is C20H15BrF3NO4S. The predicted molar refractivity (Wildman–Crippen MR) is 107 cm³/mol. The lowest BCUT2D eigenvalue weighted by atomic mass is 10.2. The Morgan fingerprint density at radius 3 is 2.67 bits per heavy atom. The van der Waals surface area contributed by atoms with Crippen molar-refractivity contribution in [1.82, 2.24) is 4.90 Å². The lowest BCUT2D eigenvalue weighted by Crippen LogP contribution is -2.33. The van der Waals surface area contributed by atoms with Gasteiger partial charge in [-0.2, -0.15) is 0 Å². The smallest absolute Gasteiger partial charge is 0.455 e. The van der Waals surface area contributed by atoms with Gasteiger partial charge in [-0.3, -0.25) is 4.79 Å². The first kappa shape index (κ1) is 20.9. The maximum absolute atomic E-state index is 12.4. The number of rotatable bonds is 5. The molecule has 0 aliphatic carbocycles. The van der Waals surface area contributed by atoms with E-state index in [9.17, 15) is 18.0 Å². The lowest BCUT2D eigenvalue weighted by Gasteiger charge is -2.24. The molecule has 2 aromatic carbocycles. The maximum atomic E-state index is 12.4. The van der Waals surface area contributed by atoms with Gasteiger partial charge in [0.05, 0.1) is 5.75 Å². The van der Waals surface area contributed by atoms with E-state index < -0.39 is 12.7 Å². The number of carbonyl (C=O) groups excluding carboxylic acids is 1. The van der Waals surface area contributed by atoms with Crippen molar-refractivity contribution in [2.45, 2.75) is 24.6 Å². The van der Waals surface area contributed by atoms with Crippen LogP contribution in [0, 0.1) is 0 Å². The fraction of sp³-hybridized carbons (Fsp3) is 0.250. The number of benzene rings is 2. The topological polar surface area (TPSA) is 48.0 Å². The fourth-order valence-electron chi connectivity index (χ4n) is 3.08. The lowest BCUT2D eigenvalue weighted by molar-refractivity contribution is -0.274. The van der Waals surface area contributed by atoms with Crippen molar-refractivity contribution in [3.8, 4) is 5.75 Å². The molecule has 0 radical (unpaired) electrons. The molecule has 2 aliphatic heterocycles. The summed E-state index contributed by atoms with van der Waals surface area (Å²) in [7, 11) is 0. The summed E-state index contributed by atoms with van der Waals surface area (Å²) in [4.78, 5) is 14.0. The molecule has 4 rings (SSSR count). The largest absolute Gasteiger partial charge is 0.573 e. The second-order valence-corrected chi connectivity index (χ2v) is 8.52. The first-order valence-corrected chi connectivity index (χ1v) is 10.7. The monoisotopic (exact) mass is 501 g/mol. The predicted octanol–water partition coefficient (Wildman–Crippen LogP) is 5.34. The van der Waals surface area contributed by atoms with Crippen LogP contribution in [-0.2, 0) is 20.8 Å². The van der Waals surface area contributed by atoms with Crippen molar-refractivity contribution < 1.29 is 32.2 Å². The fourth-order valence-corrected chi connectivity index (χ4v) is 4.61. The number of thioether (sulfide) groups is 1. The van der Waals surface area contributed by atoms with Crippen LogP contribution in [0.4, 0.5) is 13.2 Å². The van der Waals surface area contributed by atoms with Gasteiger partial charge in [0.2, 0.25) is 5.91 Å². The van der Waals surface area contributed by atoms with E-state index in [2.05, 4.69) is 20.7 Å². The van der Waals surface area contributed by atoms with Gasteiger partial charge in [0.1, 0.15) is 17.4 Å². The van der Waals surface area contributed by atoms with Gasteiger partial charge in [-0.05, 0) is 29.8 Å². The molecular weight excluding hydrogens is 487 g/mol. The van der Waals surface area contributed by atoms with Gasteiger partial charge in [-0.25, -0.2) is 0 Å². The molecule has 2 atom stereocenters. The van der Waals surface area contributed by atoms with Gasteiger partial charge < -0.3 is 19.1 Å². The van der Waals surface area contributed by atoms with Crippen molar-refractivity contribution in [2.24, 2.45) is 0 Å². The normalized spacial score (nSPS) is 21.3. The Balaban J connectivity index is 1.43. The first-order valence-electron chi connectivity index (χ1n) is 8.82. The van der Waals surface area contributed by atoms with Gasteiger partial charge in [0.15, 0.2) is 5.76 Å². The highest BCUT2D eigenvalue weighted by molar-refractivity contribution is 9.10. The third kappa shape index (κ3) is 4.86. The Kier molecular flexibility index (Phi) is 5.88. The number of nitrogens with zero attached hydrogens (tertiary/aromatic N) is 1. The van der Waals surface area contributed by atoms with E-state index in [-0.39, 0.29) is 29.3 Å². The molecule has 2 unspecified atom stereocenters. The Morgan fingerprint density at radius 1 is 1.20 bits per heavy atom. The minimum Gasteiger partial charge on any atom is -0.455 e. The van der Waals surface area contributed by atoms with Crippen molar-refractivity contribution in [2.75, 3.05) is 5.75 Å². The zero-order valence-corrected chi connectivity index (χ0v) is 17.7. The molecule has 5 nitrogen and oxygen atoms in total. The highest BCUT2D eigenvalue weighted by atomic mass is 79.9. The van der Waals surface area contributed by atoms with Crippen LogP contribution in [0.25, 0.3) is 0 Å². The molecule has 1 saturated heterocycles. The Labute approximate surface area is 182 Å². The highest BCUT2D eigenvalue weighted by Gasteiger charge is 2.39. The molecule has 2 aliphatic rings. The van der Waals surface area contributed by atoms with Crippen LogP contribution >= 0.6 is 27.7 Å². The van der Waals surface area contributed by atoms with E-state index in [0.29, 0.717) is 11.3 Å². The van der Waals surface area contributed by atoms with Crippen LogP contribution in [0.15, 0.2) is 65.0 Å². The molecule has 2 aromatic rings. The average molecular weight is 502 g/mol. The molecule has 10 heteroatoms. The number of halogens is 4. The molecule has 0 aromatic heterocycles. The van der Waals surface area contributed by atoms with E-state index in [4.69, 9.17) is 9.47 Å². The van der Waals surface area contributed by atoms with Crippen molar-refractivity contribution >= 4 is 33.6 Å². The Morgan fingerprint density at radius 2 is 1.97 bits per heavy atom. The number of amides is 1. The van der Waals surface area contributed by atoms with Gasteiger partial charge in [-0.1, -0.05) is 40.2 Å². The van der Waals surface area contributed by atoms with Crippen LogP contribution in [0.5, 0.6) is 5.75 Å². The third-order valence-electron chi connectivity index (χ3n) is 4.39. The van der Waals surface area contributed by atoms with Crippen LogP contribution in [-0.4, -0.2) is 28.3 Å². The molecule has 1 fully saturated rings. The summed E-state index contributed by atoms with van der Waals surface area (Å²) < 4.78 is 53.3. The van der Waals surface area contributed by atoms with Crippen molar-refractivity contribution in [1.29, 1.82) is 0 Å². The minimum absolute atomic E-state index is 0.0870. The van der Waals surface area contributed by atoms with E-state index >= 15 is 0 Å². The molecule has 0 spiro atoms. The summed E-state index contributed by atoms with van der Waals surface area (Å²) in [5.41, 5.74) is 1.50. The second kappa shape index (κ2) is 8.43. The molecule has 30 heavy (non-hydrogen) atoms. The number of ether oxygens (including phenoxy) is 3. The standard InChI is InChI=1S/C20H15BrF3NO4S/c21-14-3-1-2-13(8-14)19-27-10-16(28-19)18-25(17(26)11-30-18)9-12-4-6-15(7-5-12)29-20(22,23)24/h1-8,10,18-19H,9,11H2. The zero-order valence-electron chi connectivity index (χ0n) is 15.3. The summed E-state index contributed by atoms with van der Waals surface area (Å²) in [6.07, 6.45) is -3.84. The van der Waals surface area contributed by atoms with Crippen molar-refractivity contribution in [3.63, 3.8) is 0 Å². The van der Waals surface area contributed by atoms with Crippen LogP contribution in [0.1, 0.15) is 17.4 Å². The summed E-state index contributed by atoms with van der Waals surface area (Å²) in [5.74, 6) is 0.406. The average Bonchev–Trinajstić information content (AvgIpc) is 3.30. The molecule has 2 heterocycles. The molecule has 0 saturated carbocycles. The second-order valence-electron chi connectivity index (χ2n) is 6.54. The maximum Gasteiger partial charge on any atom is 0.573 e. The SMILES string of the molecule is O=C1CSC(C2=COC(c3cccc(Br)c3)O2)N1Cc1ccc(OC(F)(F)F)cc1. The summed E-state index contributed by atoms with van der Waals surface area (Å²) in [5, 5.41) is -0.374. The summed E-state index contributed by atoms with van der Waals surface area (Å²) >= 11 is 4.82. The van der Waals surface area contributed by atoms with E-state index in [0.717, 1.165) is 10.0 Å². The third-order valence-corrected chi connectivity index (χ3v) is 6.10. The molecule has 158 valence electrons. The van der Waals surface area contributed by atoms with Gasteiger partial charge in [0.25, 0.3) is 6.29 Å². The van der Waals surface area contributed by atoms with Crippen LogP contribution < -0.4 is 4.74 Å². The Bertz CT molecular complexity index is 967. The quantitative estimate of drug-likeness (QED) is 0.553. The molecule has 0 N–H and O–H groups in total. The highest BCUT2D eigenvalue weighted by Crippen LogP contribution is 2.39. The number of carbonyl (C=O) groups is 1. The minimum atomic E-state index is -4.74. The summed E-state index contributed by atoms with van der Waals surface area (Å²) in [6.45, 7) is 0.227. The van der Waals surface area contributed by atoms with Crippen LogP contribution in [0.3, 0.4) is 0 Å². The van der Waals surface area contributed by atoms with E-state index in [1.54, 1.807) is 4.90 Å². The van der Waals surface area contributed by atoms with Gasteiger partial charge in [0, 0.05) is 16.6 Å².